The maximum atomic E-state index is 6.08. The van der Waals surface area contributed by atoms with Crippen molar-refractivity contribution >= 4 is 11.6 Å². The van der Waals surface area contributed by atoms with E-state index in [4.69, 9.17) is 11.6 Å². The number of nitrogens with zero attached hydrogens (tertiary/aromatic N) is 2. The zero-order valence-corrected chi connectivity index (χ0v) is 14.6. The molecule has 23 heavy (non-hydrogen) atoms. The molecule has 0 radical (unpaired) electrons. The Labute approximate surface area is 144 Å². The molecule has 0 aliphatic carbocycles. The molecule has 1 aliphatic heterocycles. The van der Waals surface area contributed by atoms with Crippen LogP contribution in [0.1, 0.15) is 29.7 Å². The van der Waals surface area contributed by atoms with Crippen LogP contribution in [0.2, 0.25) is 5.02 Å². The highest BCUT2D eigenvalue weighted by Gasteiger charge is 2.18. The maximum Gasteiger partial charge on any atom is 0.0438 e. The fourth-order valence-electron chi connectivity index (χ4n) is 3.39. The average Bonchev–Trinajstić information content (AvgIpc) is 2.56. The summed E-state index contributed by atoms with van der Waals surface area (Å²) in [5, 5.41) is 0.820. The summed E-state index contributed by atoms with van der Waals surface area (Å²) in [6.45, 7) is 2.44. The van der Waals surface area contributed by atoms with Crippen molar-refractivity contribution < 1.29 is 0 Å². The van der Waals surface area contributed by atoms with Crippen molar-refractivity contribution in [1.82, 2.24) is 9.88 Å². The number of aryl methyl sites for hydroxylation is 2. The zero-order chi connectivity index (χ0) is 16.1. The van der Waals surface area contributed by atoms with Crippen LogP contribution in [0.5, 0.6) is 0 Å². The van der Waals surface area contributed by atoms with Gasteiger partial charge in [-0.25, -0.2) is 0 Å². The Balaban J connectivity index is 1.63. The minimum absolute atomic E-state index is 0.783. The molecule has 1 saturated heterocycles. The lowest BCUT2D eigenvalue weighted by Gasteiger charge is -2.29. The van der Waals surface area contributed by atoms with Gasteiger partial charge in [-0.1, -0.05) is 29.8 Å². The van der Waals surface area contributed by atoms with Crippen LogP contribution in [-0.2, 0) is 19.3 Å². The van der Waals surface area contributed by atoms with E-state index in [1.54, 1.807) is 0 Å². The predicted molar refractivity (Wildman–Crippen MR) is 97.0 cm³/mol. The molecule has 0 N–H and O–H groups in total. The number of piperidine rings is 1. The van der Waals surface area contributed by atoms with E-state index in [1.807, 2.05) is 18.3 Å². The number of halogens is 1. The quantitative estimate of drug-likeness (QED) is 0.808. The Morgan fingerprint density at radius 3 is 2.74 bits per heavy atom. The largest absolute Gasteiger partial charge is 0.306 e. The molecule has 1 aromatic heterocycles. The van der Waals surface area contributed by atoms with Crippen molar-refractivity contribution in [2.75, 3.05) is 20.1 Å². The Bertz CT molecular complexity index is 633. The van der Waals surface area contributed by atoms with Gasteiger partial charge in [0.25, 0.3) is 0 Å². The lowest BCUT2D eigenvalue weighted by Crippen LogP contribution is -2.31. The number of likely N-dealkylation sites (tertiary alicyclic amines) is 1. The van der Waals surface area contributed by atoms with Gasteiger partial charge in [0.05, 0.1) is 0 Å². The molecule has 1 fully saturated rings. The zero-order valence-electron chi connectivity index (χ0n) is 13.8. The van der Waals surface area contributed by atoms with Gasteiger partial charge < -0.3 is 4.90 Å². The van der Waals surface area contributed by atoms with Crippen molar-refractivity contribution in [1.29, 1.82) is 0 Å². The minimum Gasteiger partial charge on any atom is -0.306 e. The van der Waals surface area contributed by atoms with E-state index in [2.05, 4.69) is 41.2 Å². The Morgan fingerprint density at radius 1 is 1.13 bits per heavy atom. The first kappa shape index (κ1) is 16.5. The summed E-state index contributed by atoms with van der Waals surface area (Å²) in [6, 6.07) is 12.5. The molecular weight excluding hydrogens is 304 g/mol. The van der Waals surface area contributed by atoms with Crippen LogP contribution in [0, 0.1) is 5.92 Å². The molecule has 2 heterocycles. The summed E-state index contributed by atoms with van der Waals surface area (Å²) < 4.78 is 0. The van der Waals surface area contributed by atoms with Gasteiger partial charge in [-0.15, -0.1) is 0 Å². The summed E-state index contributed by atoms with van der Waals surface area (Å²) in [4.78, 5) is 7.11. The number of aromatic nitrogens is 1. The van der Waals surface area contributed by atoms with E-state index >= 15 is 0 Å². The fourth-order valence-corrected chi connectivity index (χ4v) is 3.61. The second-order valence-electron chi connectivity index (χ2n) is 6.69. The number of pyridine rings is 1. The highest BCUT2D eigenvalue weighted by Crippen LogP contribution is 2.22. The van der Waals surface area contributed by atoms with E-state index in [1.165, 1.54) is 42.8 Å². The van der Waals surface area contributed by atoms with Gasteiger partial charge in [0.1, 0.15) is 0 Å². The molecule has 3 heteroatoms. The third-order valence-corrected chi connectivity index (χ3v) is 5.11. The standard InChI is InChI=1S/C20H25ClN2/c1-23-12-9-17(10-13-23)15-20-18(5-3-11-22-20)8-7-16-4-2-6-19(21)14-16/h2-6,11,14,17H,7-10,12-13,15H2,1H3. The molecule has 0 atom stereocenters. The second-order valence-corrected chi connectivity index (χ2v) is 7.13. The Hall–Kier alpha value is -1.38. The first-order valence-corrected chi connectivity index (χ1v) is 8.94. The summed E-state index contributed by atoms with van der Waals surface area (Å²) >= 11 is 6.08. The molecule has 3 rings (SSSR count). The van der Waals surface area contributed by atoms with Gasteiger partial charge in [-0.2, -0.15) is 0 Å². The van der Waals surface area contributed by atoms with Gasteiger partial charge in [0.15, 0.2) is 0 Å². The third kappa shape index (κ3) is 4.79. The molecule has 2 nitrogen and oxygen atoms in total. The molecule has 0 amide bonds. The van der Waals surface area contributed by atoms with E-state index in [0.717, 1.165) is 30.2 Å². The Morgan fingerprint density at radius 2 is 1.96 bits per heavy atom. The van der Waals surface area contributed by atoms with Crippen LogP contribution in [0.3, 0.4) is 0 Å². The van der Waals surface area contributed by atoms with Crippen LogP contribution in [0.4, 0.5) is 0 Å². The Kier molecular flexibility index (Phi) is 5.69. The summed E-state index contributed by atoms with van der Waals surface area (Å²) in [5.74, 6) is 0.783. The first-order chi connectivity index (χ1) is 11.2. The highest BCUT2D eigenvalue weighted by molar-refractivity contribution is 6.30. The molecule has 2 aromatic rings. The molecule has 122 valence electrons. The molecule has 0 spiro atoms. The van der Waals surface area contributed by atoms with Crippen molar-refractivity contribution in [2.24, 2.45) is 5.92 Å². The van der Waals surface area contributed by atoms with E-state index < -0.39 is 0 Å². The van der Waals surface area contributed by atoms with Gasteiger partial charge in [-0.3, -0.25) is 4.98 Å². The third-order valence-electron chi connectivity index (χ3n) is 4.88. The SMILES string of the molecule is CN1CCC(Cc2ncccc2CCc2cccc(Cl)c2)CC1. The molecule has 0 saturated carbocycles. The van der Waals surface area contributed by atoms with Crippen LogP contribution >= 0.6 is 11.6 Å². The normalized spacial score (nSPS) is 16.6. The number of benzene rings is 1. The van der Waals surface area contributed by atoms with Gasteiger partial charge in [-0.05, 0) is 87.5 Å². The lowest BCUT2D eigenvalue weighted by molar-refractivity contribution is 0.218. The summed E-state index contributed by atoms with van der Waals surface area (Å²) in [6.07, 6.45) is 7.71. The highest BCUT2D eigenvalue weighted by atomic mass is 35.5. The van der Waals surface area contributed by atoms with Crippen LogP contribution in [0.15, 0.2) is 42.6 Å². The van der Waals surface area contributed by atoms with E-state index in [-0.39, 0.29) is 0 Å². The van der Waals surface area contributed by atoms with Gasteiger partial charge in [0, 0.05) is 16.9 Å². The molecule has 1 aliphatic rings. The smallest absolute Gasteiger partial charge is 0.0438 e. The lowest BCUT2D eigenvalue weighted by atomic mass is 9.90. The van der Waals surface area contributed by atoms with Crippen LogP contribution < -0.4 is 0 Å². The van der Waals surface area contributed by atoms with Crippen LogP contribution in [-0.4, -0.2) is 30.0 Å². The number of hydrogen-bond donors (Lipinski definition) is 0. The predicted octanol–water partition coefficient (Wildman–Crippen LogP) is 4.40. The molecule has 0 bridgehead atoms. The number of hydrogen-bond acceptors (Lipinski definition) is 2. The molecule has 1 aromatic carbocycles. The van der Waals surface area contributed by atoms with Crippen molar-refractivity contribution in [3.05, 3.63) is 64.4 Å². The van der Waals surface area contributed by atoms with Crippen molar-refractivity contribution in [3.63, 3.8) is 0 Å². The molecule has 0 unspecified atom stereocenters. The molecular formula is C20H25ClN2. The topological polar surface area (TPSA) is 16.1 Å². The maximum absolute atomic E-state index is 6.08. The van der Waals surface area contributed by atoms with Crippen LogP contribution in [0.25, 0.3) is 0 Å². The van der Waals surface area contributed by atoms with Crippen molar-refractivity contribution in [3.8, 4) is 0 Å². The van der Waals surface area contributed by atoms with E-state index in [9.17, 15) is 0 Å². The second kappa shape index (κ2) is 7.94. The van der Waals surface area contributed by atoms with Gasteiger partial charge >= 0.3 is 0 Å². The summed E-state index contributed by atoms with van der Waals surface area (Å²) in [5.41, 5.74) is 3.99. The monoisotopic (exact) mass is 328 g/mol. The average molecular weight is 329 g/mol. The van der Waals surface area contributed by atoms with E-state index in [0.29, 0.717) is 0 Å². The number of rotatable bonds is 5. The minimum atomic E-state index is 0.783. The van der Waals surface area contributed by atoms with Gasteiger partial charge in [0.2, 0.25) is 0 Å². The van der Waals surface area contributed by atoms with Crippen molar-refractivity contribution in [2.45, 2.75) is 32.1 Å². The summed E-state index contributed by atoms with van der Waals surface area (Å²) in [7, 11) is 2.22. The first-order valence-electron chi connectivity index (χ1n) is 8.56. The fraction of sp³-hybridized carbons (Fsp3) is 0.450.